The first-order valence-corrected chi connectivity index (χ1v) is 9.23. The monoisotopic (exact) mass is 384 g/mol. The molecule has 28 heavy (non-hydrogen) atoms. The van der Waals surface area contributed by atoms with Gasteiger partial charge in [0.15, 0.2) is 11.5 Å². The van der Waals surface area contributed by atoms with Crippen molar-refractivity contribution in [2.45, 2.75) is 38.3 Å². The molecule has 1 heterocycles. The molecule has 0 aliphatic carbocycles. The van der Waals surface area contributed by atoms with E-state index in [4.69, 9.17) is 14.6 Å². The van der Waals surface area contributed by atoms with Crippen molar-refractivity contribution in [2.24, 2.45) is 0 Å². The van der Waals surface area contributed by atoms with Gasteiger partial charge in [-0.1, -0.05) is 36.4 Å². The summed E-state index contributed by atoms with van der Waals surface area (Å²) in [6.45, 7) is 2.08. The molecule has 7 nitrogen and oxygen atoms in total. The second-order valence-electron chi connectivity index (χ2n) is 6.77. The van der Waals surface area contributed by atoms with E-state index in [0.717, 1.165) is 11.1 Å². The number of rotatable bonds is 8. The summed E-state index contributed by atoms with van der Waals surface area (Å²) in [7, 11) is 0. The number of nitrogens with one attached hydrogen (secondary N) is 2. The van der Waals surface area contributed by atoms with Gasteiger partial charge in [0.2, 0.25) is 6.79 Å². The van der Waals surface area contributed by atoms with E-state index in [1.54, 1.807) is 0 Å². The zero-order valence-corrected chi connectivity index (χ0v) is 15.7. The Morgan fingerprint density at radius 2 is 1.82 bits per heavy atom. The summed E-state index contributed by atoms with van der Waals surface area (Å²) in [5.74, 6) is 0.473. The second kappa shape index (κ2) is 9.12. The number of carboxylic acid groups (broad SMARTS) is 1. The summed E-state index contributed by atoms with van der Waals surface area (Å²) >= 11 is 0. The van der Waals surface area contributed by atoms with E-state index < -0.39 is 5.97 Å². The van der Waals surface area contributed by atoms with Gasteiger partial charge in [-0.05, 0) is 43.0 Å². The standard InChI is InChI=1S/C21H24N2O5/c1-14(16-7-9-18-19(12-16)28-13-27-18)22-21(26)23-17(8-10-20(24)25)11-15-5-3-2-4-6-15/h2-7,9,12,14,17H,8,10-11,13H2,1H3,(H,24,25)(H2,22,23,26). The Balaban J connectivity index is 1.59. The number of amides is 2. The molecule has 0 fully saturated rings. The van der Waals surface area contributed by atoms with Gasteiger partial charge in [-0.25, -0.2) is 4.79 Å². The van der Waals surface area contributed by atoms with Crippen LogP contribution < -0.4 is 20.1 Å². The summed E-state index contributed by atoms with van der Waals surface area (Å²) in [6, 6.07) is 14.4. The van der Waals surface area contributed by atoms with E-state index in [9.17, 15) is 9.59 Å². The van der Waals surface area contributed by atoms with Crippen LogP contribution in [0.1, 0.15) is 36.9 Å². The van der Waals surface area contributed by atoms with E-state index in [1.807, 2.05) is 55.5 Å². The largest absolute Gasteiger partial charge is 0.481 e. The number of carbonyl (C=O) groups excluding carboxylic acids is 1. The smallest absolute Gasteiger partial charge is 0.315 e. The first-order chi connectivity index (χ1) is 13.5. The molecule has 3 N–H and O–H groups in total. The maximum absolute atomic E-state index is 12.5. The van der Waals surface area contributed by atoms with Crippen molar-refractivity contribution in [3.63, 3.8) is 0 Å². The van der Waals surface area contributed by atoms with Gasteiger partial charge in [0.05, 0.1) is 6.04 Å². The molecule has 0 radical (unpaired) electrons. The molecule has 0 saturated carbocycles. The number of carboxylic acids is 1. The molecule has 2 atom stereocenters. The van der Waals surface area contributed by atoms with Gasteiger partial charge < -0.3 is 25.2 Å². The van der Waals surface area contributed by atoms with Gasteiger partial charge in [0.1, 0.15) is 0 Å². The van der Waals surface area contributed by atoms with Crippen LogP contribution in [0.25, 0.3) is 0 Å². The summed E-state index contributed by atoms with van der Waals surface area (Å²) in [5, 5.41) is 14.8. The lowest BCUT2D eigenvalue weighted by Crippen LogP contribution is -2.44. The van der Waals surface area contributed by atoms with Crippen molar-refractivity contribution in [2.75, 3.05) is 6.79 Å². The Morgan fingerprint density at radius 3 is 2.57 bits per heavy atom. The van der Waals surface area contributed by atoms with E-state index in [-0.39, 0.29) is 31.3 Å². The number of fused-ring (bicyclic) bond motifs is 1. The number of hydrogen-bond acceptors (Lipinski definition) is 4. The predicted molar refractivity (Wildman–Crippen MR) is 103 cm³/mol. The third kappa shape index (κ3) is 5.39. The first-order valence-electron chi connectivity index (χ1n) is 9.23. The van der Waals surface area contributed by atoms with Gasteiger partial charge in [0, 0.05) is 12.5 Å². The van der Waals surface area contributed by atoms with E-state index in [2.05, 4.69) is 10.6 Å². The second-order valence-corrected chi connectivity index (χ2v) is 6.77. The zero-order chi connectivity index (χ0) is 19.9. The average Bonchev–Trinajstić information content (AvgIpc) is 3.14. The summed E-state index contributed by atoms with van der Waals surface area (Å²) in [6.07, 6.45) is 0.922. The summed E-state index contributed by atoms with van der Waals surface area (Å²) in [5.41, 5.74) is 1.94. The highest BCUT2D eigenvalue weighted by molar-refractivity contribution is 5.75. The fourth-order valence-corrected chi connectivity index (χ4v) is 3.11. The SMILES string of the molecule is CC(NC(=O)NC(CCC(=O)O)Cc1ccccc1)c1ccc2c(c1)OCO2. The molecule has 2 unspecified atom stereocenters. The average molecular weight is 384 g/mol. The first kappa shape index (κ1) is 19.5. The zero-order valence-electron chi connectivity index (χ0n) is 15.7. The van der Waals surface area contributed by atoms with Crippen LogP contribution in [0.5, 0.6) is 11.5 Å². The Morgan fingerprint density at radius 1 is 1.07 bits per heavy atom. The highest BCUT2D eigenvalue weighted by Crippen LogP contribution is 2.34. The molecule has 7 heteroatoms. The molecule has 0 bridgehead atoms. The number of aliphatic carboxylic acids is 1. The Labute approximate surface area is 163 Å². The minimum Gasteiger partial charge on any atom is -0.481 e. The van der Waals surface area contributed by atoms with Crippen LogP contribution in [0.3, 0.4) is 0 Å². The van der Waals surface area contributed by atoms with Crippen molar-refractivity contribution in [1.82, 2.24) is 10.6 Å². The van der Waals surface area contributed by atoms with Gasteiger partial charge in [0.25, 0.3) is 0 Å². The fraction of sp³-hybridized carbons (Fsp3) is 0.333. The highest BCUT2D eigenvalue weighted by atomic mass is 16.7. The lowest BCUT2D eigenvalue weighted by molar-refractivity contribution is -0.137. The third-order valence-electron chi connectivity index (χ3n) is 4.61. The molecule has 2 aromatic carbocycles. The van der Waals surface area contributed by atoms with E-state index >= 15 is 0 Å². The molecule has 148 valence electrons. The van der Waals surface area contributed by atoms with Crippen molar-refractivity contribution in [3.8, 4) is 11.5 Å². The van der Waals surface area contributed by atoms with Crippen molar-refractivity contribution >= 4 is 12.0 Å². The lowest BCUT2D eigenvalue weighted by Gasteiger charge is -2.21. The van der Waals surface area contributed by atoms with E-state index in [1.165, 1.54) is 0 Å². The van der Waals surface area contributed by atoms with Crippen molar-refractivity contribution in [1.29, 1.82) is 0 Å². The Bertz CT molecular complexity index is 825. The summed E-state index contributed by atoms with van der Waals surface area (Å²) in [4.78, 5) is 23.4. The molecular formula is C21H24N2O5. The fourth-order valence-electron chi connectivity index (χ4n) is 3.11. The topological polar surface area (TPSA) is 96.9 Å². The molecule has 1 aliphatic rings. The van der Waals surface area contributed by atoms with Gasteiger partial charge in [-0.3, -0.25) is 4.79 Å². The predicted octanol–water partition coefficient (Wildman–Crippen LogP) is 3.25. The lowest BCUT2D eigenvalue weighted by atomic mass is 10.0. The Kier molecular flexibility index (Phi) is 6.37. The van der Waals surface area contributed by atoms with Crippen LogP contribution in [0.4, 0.5) is 4.79 Å². The van der Waals surface area contributed by atoms with Crippen LogP contribution in [0.2, 0.25) is 0 Å². The van der Waals surface area contributed by atoms with Crippen LogP contribution in [0, 0.1) is 0 Å². The van der Waals surface area contributed by atoms with Gasteiger partial charge in [-0.2, -0.15) is 0 Å². The van der Waals surface area contributed by atoms with E-state index in [0.29, 0.717) is 24.3 Å². The summed E-state index contributed by atoms with van der Waals surface area (Å²) < 4.78 is 10.7. The molecule has 1 aliphatic heterocycles. The highest BCUT2D eigenvalue weighted by Gasteiger charge is 2.19. The molecule has 0 aromatic heterocycles. The molecule has 2 aromatic rings. The van der Waals surface area contributed by atoms with Crippen molar-refractivity contribution in [3.05, 3.63) is 59.7 Å². The normalized spacial score (nSPS) is 14.2. The maximum atomic E-state index is 12.5. The number of urea groups is 1. The number of ether oxygens (including phenoxy) is 2. The number of carbonyl (C=O) groups is 2. The van der Waals surface area contributed by atoms with Crippen molar-refractivity contribution < 1.29 is 24.2 Å². The van der Waals surface area contributed by atoms with Crippen LogP contribution in [-0.4, -0.2) is 29.9 Å². The Hall–Kier alpha value is -3.22. The molecule has 2 amide bonds. The molecule has 0 saturated heterocycles. The molecular weight excluding hydrogens is 360 g/mol. The quantitative estimate of drug-likeness (QED) is 0.649. The minimum absolute atomic E-state index is 0.00447. The van der Waals surface area contributed by atoms with Gasteiger partial charge in [-0.15, -0.1) is 0 Å². The maximum Gasteiger partial charge on any atom is 0.315 e. The van der Waals surface area contributed by atoms with Gasteiger partial charge >= 0.3 is 12.0 Å². The van der Waals surface area contributed by atoms with Crippen LogP contribution in [-0.2, 0) is 11.2 Å². The molecule has 3 rings (SSSR count). The minimum atomic E-state index is -0.881. The van der Waals surface area contributed by atoms with Crippen LogP contribution >= 0.6 is 0 Å². The number of hydrogen-bond donors (Lipinski definition) is 3. The molecule has 0 spiro atoms. The number of benzene rings is 2. The van der Waals surface area contributed by atoms with Crippen LogP contribution in [0.15, 0.2) is 48.5 Å². The third-order valence-corrected chi connectivity index (χ3v) is 4.61.